The molecule has 9 heteroatoms. The Morgan fingerprint density at radius 2 is 2.03 bits per heavy atom. The normalized spacial score (nSPS) is 17.5. The van der Waals surface area contributed by atoms with Gasteiger partial charge in [-0.05, 0) is 60.9 Å². The van der Waals surface area contributed by atoms with Crippen LogP contribution < -0.4 is 15.0 Å². The molecule has 0 aliphatic carbocycles. The van der Waals surface area contributed by atoms with Crippen molar-refractivity contribution in [3.63, 3.8) is 0 Å². The van der Waals surface area contributed by atoms with Gasteiger partial charge in [-0.1, -0.05) is 17.9 Å². The zero-order valence-corrected chi connectivity index (χ0v) is 20.9. The van der Waals surface area contributed by atoms with E-state index >= 15 is 0 Å². The Kier molecular flexibility index (Phi) is 7.61. The molecule has 1 saturated heterocycles. The lowest BCUT2D eigenvalue weighted by molar-refractivity contribution is -0.120. The third-order valence-corrected chi connectivity index (χ3v) is 6.52. The molecule has 0 spiro atoms. The van der Waals surface area contributed by atoms with Gasteiger partial charge in [0.25, 0.3) is 11.8 Å². The van der Waals surface area contributed by atoms with Crippen LogP contribution in [0.3, 0.4) is 0 Å². The lowest BCUT2D eigenvalue weighted by Crippen LogP contribution is -2.49. The smallest absolute Gasteiger partial charge is 0.270 e. The number of halogens is 1. The molecule has 8 nitrogen and oxygen atoms in total. The van der Waals surface area contributed by atoms with E-state index in [-0.39, 0.29) is 18.2 Å². The van der Waals surface area contributed by atoms with Crippen LogP contribution in [0.25, 0.3) is 0 Å². The van der Waals surface area contributed by atoms with Crippen molar-refractivity contribution in [2.75, 3.05) is 31.8 Å². The number of hydrogen-bond acceptors (Lipinski definition) is 6. The minimum absolute atomic E-state index is 0.0259. The number of pyridine rings is 2. The van der Waals surface area contributed by atoms with Gasteiger partial charge >= 0.3 is 0 Å². The average molecular weight is 515 g/mol. The fourth-order valence-electron chi connectivity index (χ4n) is 4.41. The van der Waals surface area contributed by atoms with E-state index in [4.69, 9.17) is 9.47 Å². The summed E-state index contributed by atoms with van der Waals surface area (Å²) in [6.07, 6.45) is 3.67. The molecule has 0 bridgehead atoms. The van der Waals surface area contributed by atoms with Crippen LogP contribution in [-0.2, 0) is 16.0 Å². The third-order valence-electron chi connectivity index (χ3n) is 6.52. The summed E-state index contributed by atoms with van der Waals surface area (Å²) in [4.78, 5) is 35.7. The number of aromatic nitrogens is 2. The van der Waals surface area contributed by atoms with Gasteiger partial charge in [-0.2, -0.15) is 4.39 Å². The Hall–Kier alpha value is -4.29. The van der Waals surface area contributed by atoms with Crippen LogP contribution in [0.15, 0.2) is 54.7 Å². The van der Waals surface area contributed by atoms with Crippen LogP contribution in [-0.4, -0.2) is 54.7 Å². The molecule has 0 saturated carbocycles. The number of hydrogen-bond donors (Lipinski definition) is 1. The predicted octanol–water partition coefficient (Wildman–Crippen LogP) is 3.14. The topological polar surface area (TPSA) is 93.7 Å². The standard InChI is InChI=1S/C29H27FN4O4/c1-34-25-17-20(6-5-19-10-13-37-14-11-19)7-8-26(25)38-18-24(29(34)36)33-28(35)23-16-21(9-12-31-23)15-22-3-2-4-27(30)32-22/h2-4,7-9,12,16-17,19,24H,10-11,13-15,18H2,1H3,(H,33,35)/t24-/m0/s1. The van der Waals surface area contributed by atoms with E-state index in [1.54, 1.807) is 37.4 Å². The summed E-state index contributed by atoms with van der Waals surface area (Å²) in [5.74, 6) is 5.96. The number of nitrogens with one attached hydrogen (secondary N) is 1. The summed E-state index contributed by atoms with van der Waals surface area (Å²) < 4.78 is 24.7. The highest BCUT2D eigenvalue weighted by Gasteiger charge is 2.31. The maximum absolute atomic E-state index is 13.4. The van der Waals surface area contributed by atoms with Gasteiger partial charge in [0.05, 0.1) is 5.69 Å². The second kappa shape index (κ2) is 11.4. The molecule has 4 heterocycles. The molecule has 5 rings (SSSR count). The van der Waals surface area contributed by atoms with E-state index in [0.29, 0.717) is 29.5 Å². The molecule has 1 atom stereocenters. The maximum Gasteiger partial charge on any atom is 0.270 e. The Labute approximate surface area is 220 Å². The number of likely N-dealkylation sites (N-methyl/N-ethyl adjacent to an activating group) is 1. The summed E-state index contributed by atoms with van der Waals surface area (Å²) in [6.45, 7) is 1.43. The largest absolute Gasteiger partial charge is 0.489 e. The van der Waals surface area contributed by atoms with Crippen LogP contribution in [0, 0.1) is 23.7 Å². The number of rotatable bonds is 4. The van der Waals surface area contributed by atoms with Crippen LogP contribution in [0.2, 0.25) is 0 Å². The van der Waals surface area contributed by atoms with Crippen molar-refractivity contribution in [1.82, 2.24) is 15.3 Å². The molecule has 2 amide bonds. The molecule has 0 unspecified atom stereocenters. The van der Waals surface area contributed by atoms with E-state index < -0.39 is 17.9 Å². The number of anilines is 1. The summed E-state index contributed by atoms with van der Waals surface area (Å²) in [5.41, 5.74) is 2.79. The van der Waals surface area contributed by atoms with Crippen LogP contribution in [0.4, 0.5) is 10.1 Å². The van der Waals surface area contributed by atoms with Crippen molar-refractivity contribution in [2.45, 2.75) is 25.3 Å². The Morgan fingerprint density at radius 1 is 1.18 bits per heavy atom. The van der Waals surface area contributed by atoms with Gasteiger partial charge in [0.15, 0.2) is 0 Å². The predicted molar refractivity (Wildman–Crippen MR) is 138 cm³/mol. The van der Waals surface area contributed by atoms with E-state index in [9.17, 15) is 14.0 Å². The zero-order valence-electron chi connectivity index (χ0n) is 20.9. The lowest BCUT2D eigenvalue weighted by Gasteiger charge is -2.20. The Balaban J connectivity index is 1.27. The first-order valence-corrected chi connectivity index (χ1v) is 12.5. The average Bonchev–Trinajstić information content (AvgIpc) is 3.04. The van der Waals surface area contributed by atoms with Gasteiger partial charge in [0, 0.05) is 50.1 Å². The molecule has 194 valence electrons. The number of fused-ring (bicyclic) bond motifs is 1. The Morgan fingerprint density at radius 3 is 2.84 bits per heavy atom. The van der Waals surface area contributed by atoms with Crippen molar-refractivity contribution in [3.05, 3.63) is 83.2 Å². The Bertz CT molecular complexity index is 1410. The molecule has 0 radical (unpaired) electrons. The molecular formula is C29H27FN4O4. The molecule has 1 fully saturated rings. The maximum atomic E-state index is 13.4. The molecule has 1 N–H and O–H groups in total. The highest BCUT2D eigenvalue weighted by Crippen LogP contribution is 2.31. The molecule has 2 aliphatic heterocycles. The van der Waals surface area contributed by atoms with Crippen LogP contribution >= 0.6 is 0 Å². The molecule has 2 aromatic heterocycles. The van der Waals surface area contributed by atoms with Crippen molar-refractivity contribution in [3.8, 4) is 17.6 Å². The van der Waals surface area contributed by atoms with Crippen molar-refractivity contribution >= 4 is 17.5 Å². The minimum atomic E-state index is -0.910. The van der Waals surface area contributed by atoms with Crippen molar-refractivity contribution in [2.24, 2.45) is 5.92 Å². The van der Waals surface area contributed by atoms with Crippen molar-refractivity contribution < 1.29 is 23.5 Å². The zero-order chi connectivity index (χ0) is 26.5. The van der Waals surface area contributed by atoms with E-state index in [0.717, 1.165) is 37.2 Å². The van der Waals surface area contributed by atoms with Gasteiger partial charge < -0.3 is 19.7 Å². The summed E-state index contributed by atoms with van der Waals surface area (Å²) in [5, 5.41) is 2.74. The first-order valence-electron chi connectivity index (χ1n) is 12.5. The summed E-state index contributed by atoms with van der Waals surface area (Å²) in [7, 11) is 1.65. The molecule has 3 aromatic rings. The molecule has 2 aliphatic rings. The highest BCUT2D eigenvalue weighted by molar-refractivity contribution is 6.03. The van der Waals surface area contributed by atoms with Gasteiger partial charge in [-0.15, -0.1) is 0 Å². The number of nitrogens with zero attached hydrogens (tertiary/aromatic N) is 3. The second-order valence-corrected chi connectivity index (χ2v) is 9.25. The number of ether oxygens (including phenoxy) is 2. The fourth-order valence-corrected chi connectivity index (χ4v) is 4.41. The summed E-state index contributed by atoms with van der Waals surface area (Å²) >= 11 is 0. The number of benzene rings is 1. The molecular weight excluding hydrogens is 487 g/mol. The van der Waals surface area contributed by atoms with Gasteiger partial charge in [-0.3, -0.25) is 14.6 Å². The van der Waals surface area contributed by atoms with Gasteiger partial charge in [0.2, 0.25) is 5.95 Å². The highest BCUT2D eigenvalue weighted by atomic mass is 19.1. The number of carbonyl (C=O) groups excluding carboxylic acids is 2. The fraction of sp³-hybridized carbons (Fsp3) is 0.310. The summed E-state index contributed by atoms with van der Waals surface area (Å²) in [6, 6.07) is 12.5. The van der Waals surface area contributed by atoms with Crippen molar-refractivity contribution in [1.29, 1.82) is 0 Å². The SMILES string of the molecule is CN1C(=O)[C@@H](NC(=O)c2cc(Cc3cccc(F)n3)ccn2)COc2ccc(C#CC3CCOCC3)cc21. The second-order valence-electron chi connectivity index (χ2n) is 9.25. The van der Waals surface area contributed by atoms with Crippen LogP contribution in [0.1, 0.15) is 40.2 Å². The quantitative estimate of drug-likeness (QED) is 0.425. The first-order chi connectivity index (χ1) is 18.5. The monoisotopic (exact) mass is 514 g/mol. The number of carbonyl (C=O) groups is 2. The lowest BCUT2D eigenvalue weighted by atomic mass is 10.0. The molecule has 38 heavy (non-hydrogen) atoms. The van der Waals surface area contributed by atoms with E-state index in [1.165, 1.54) is 17.2 Å². The van der Waals surface area contributed by atoms with Crippen LogP contribution in [0.5, 0.6) is 5.75 Å². The third kappa shape index (κ3) is 5.98. The number of amides is 2. The first kappa shape index (κ1) is 25.4. The van der Waals surface area contributed by atoms with E-state index in [1.807, 2.05) is 12.1 Å². The van der Waals surface area contributed by atoms with Gasteiger partial charge in [-0.25, -0.2) is 4.98 Å². The minimum Gasteiger partial charge on any atom is -0.489 e. The van der Waals surface area contributed by atoms with E-state index in [2.05, 4.69) is 27.1 Å². The molecule has 1 aromatic carbocycles. The van der Waals surface area contributed by atoms with Gasteiger partial charge in [0.1, 0.15) is 24.1 Å².